The van der Waals surface area contributed by atoms with Gasteiger partial charge in [0.1, 0.15) is 0 Å². The monoisotopic (exact) mass is 759 g/mol. The van der Waals surface area contributed by atoms with E-state index in [0.29, 0.717) is 5.70 Å². The van der Waals surface area contributed by atoms with Gasteiger partial charge in [-0.3, -0.25) is 0 Å². The van der Waals surface area contributed by atoms with Gasteiger partial charge < -0.3 is 14.9 Å². The summed E-state index contributed by atoms with van der Waals surface area (Å²) in [6.07, 6.45) is 12.6. The molecule has 0 aliphatic heterocycles. The number of aromatic nitrogens is 2. The molecule has 1 unspecified atom stereocenters. The summed E-state index contributed by atoms with van der Waals surface area (Å²) in [5.74, 6) is -0.0109. The van der Waals surface area contributed by atoms with Crippen LogP contribution in [0.4, 0.5) is 0 Å². The summed E-state index contributed by atoms with van der Waals surface area (Å²) in [5.41, 5.74) is 20.7. The second-order valence-electron chi connectivity index (χ2n) is 15.0. The molecule has 3 heteroatoms. The molecule has 0 fully saturated rings. The van der Waals surface area contributed by atoms with Crippen LogP contribution in [-0.4, -0.2) is 9.13 Å². The predicted molar refractivity (Wildman–Crippen MR) is 254 cm³/mol. The lowest BCUT2D eigenvalue weighted by Gasteiger charge is -2.15. The second kappa shape index (κ2) is 16.1. The molecule has 0 radical (unpaired) electrons. The van der Waals surface area contributed by atoms with E-state index in [4.69, 9.17) is 5.73 Å². The fourth-order valence-electron chi connectivity index (χ4n) is 8.29. The lowest BCUT2D eigenvalue weighted by atomic mass is 9.93. The maximum atomic E-state index is 7.11. The maximum Gasteiger partial charge on any atom is 0.0541 e. The van der Waals surface area contributed by atoms with Gasteiger partial charge in [0.15, 0.2) is 0 Å². The first kappa shape index (κ1) is 37.0. The molecular weight excluding hydrogens is 715 g/mol. The molecule has 0 aliphatic carbocycles. The molecule has 0 spiro atoms. The van der Waals surface area contributed by atoms with Crippen LogP contribution < -0.4 is 5.73 Å². The molecule has 59 heavy (non-hydrogen) atoms. The highest BCUT2D eigenvalue weighted by molar-refractivity contribution is 6.10. The molecule has 1 atom stereocenters. The van der Waals surface area contributed by atoms with E-state index >= 15 is 0 Å². The number of nitrogens with two attached hydrogens (primary N) is 1. The molecule has 9 rings (SSSR count). The Kier molecular flexibility index (Phi) is 10.1. The zero-order valence-corrected chi connectivity index (χ0v) is 33.2. The summed E-state index contributed by atoms with van der Waals surface area (Å²) in [6, 6.07) is 61.9. The van der Waals surface area contributed by atoms with Crippen LogP contribution in [0.25, 0.3) is 71.8 Å². The van der Waals surface area contributed by atoms with Crippen molar-refractivity contribution in [3.63, 3.8) is 0 Å². The average molecular weight is 760 g/mol. The van der Waals surface area contributed by atoms with Gasteiger partial charge in [-0.1, -0.05) is 178 Å². The summed E-state index contributed by atoms with van der Waals surface area (Å²) >= 11 is 0. The summed E-state index contributed by atoms with van der Waals surface area (Å²) in [4.78, 5) is 0. The largest absolute Gasteiger partial charge is 0.398 e. The third kappa shape index (κ3) is 7.15. The number of allylic oxidation sites excluding steroid dienone is 9. The highest BCUT2D eigenvalue weighted by Gasteiger charge is 2.15. The second-order valence-corrected chi connectivity index (χ2v) is 15.0. The SMILES string of the molecule is C=C/C=C(\C=C/C(C)C(/C=C(\N)c1cccc(-n2c3ccccc3c3ccccc32)c1)=C/C(=C)c1cccc(-n2c3ccccc3c3ccccc32)c1)c1ccccc1. The van der Waals surface area contributed by atoms with Crippen molar-refractivity contribution in [1.29, 1.82) is 0 Å². The molecule has 0 aliphatic rings. The summed E-state index contributed by atoms with van der Waals surface area (Å²) in [6.45, 7) is 10.8. The van der Waals surface area contributed by atoms with Gasteiger partial charge in [-0.25, -0.2) is 0 Å². The number of hydrogen-bond donors (Lipinski definition) is 1. The highest BCUT2D eigenvalue weighted by Crippen LogP contribution is 2.35. The maximum absolute atomic E-state index is 7.11. The van der Waals surface area contributed by atoms with E-state index in [9.17, 15) is 0 Å². The van der Waals surface area contributed by atoms with Crippen molar-refractivity contribution in [2.45, 2.75) is 6.92 Å². The minimum atomic E-state index is -0.0109. The Morgan fingerprint density at radius 2 is 0.966 bits per heavy atom. The Morgan fingerprint density at radius 3 is 1.47 bits per heavy atom. The standard InChI is InChI=1S/C56H45N3/c1-4-18-41(42-19-6-5-7-20-42)34-33-39(2)45(35-40(3)43-21-16-23-46(36-43)58-53-29-12-8-25-48(53)49-26-9-13-30-54(49)58)38-52(57)44-22-17-24-47(37-44)59-55-31-14-10-27-50(55)51-28-11-15-32-56(51)59/h4-39H,1,3,57H2,2H3/b34-33-,41-18+,45-35+,52-38-. The average Bonchev–Trinajstić information content (AvgIpc) is 3.81. The lowest BCUT2D eigenvalue weighted by molar-refractivity contribution is 0.892. The van der Waals surface area contributed by atoms with Gasteiger partial charge in [0, 0.05) is 38.6 Å². The van der Waals surface area contributed by atoms with Crippen molar-refractivity contribution in [3.8, 4) is 11.4 Å². The number of fused-ring (bicyclic) bond motifs is 6. The molecule has 2 aromatic heterocycles. The molecule has 9 aromatic rings. The first-order valence-electron chi connectivity index (χ1n) is 20.1. The third-order valence-corrected chi connectivity index (χ3v) is 11.2. The molecule has 0 amide bonds. The minimum Gasteiger partial charge on any atom is -0.398 e. The molecule has 0 saturated heterocycles. The Balaban J connectivity index is 1.12. The summed E-state index contributed by atoms with van der Waals surface area (Å²) < 4.78 is 4.67. The Labute approximate surface area is 346 Å². The molecule has 2 N–H and O–H groups in total. The molecule has 0 saturated carbocycles. The van der Waals surface area contributed by atoms with Gasteiger partial charge >= 0.3 is 0 Å². The van der Waals surface area contributed by atoms with Crippen molar-refractivity contribution in [3.05, 3.63) is 248 Å². The molecule has 7 aromatic carbocycles. The van der Waals surface area contributed by atoms with Gasteiger partial charge in [0.05, 0.1) is 22.1 Å². The lowest BCUT2D eigenvalue weighted by Crippen LogP contribution is -2.03. The zero-order valence-electron chi connectivity index (χ0n) is 33.2. The normalized spacial score (nSPS) is 13.2. The van der Waals surface area contributed by atoms with E-state index in [0.717, 1.165) is 55.8 Å². The first-order chi connectivity index (χ1) is 29.0. The zero-order chi connectivity index (χ0) is 40.3. The van der Waals surface area contributed by atoms with E-state index in [-0.39, 0.29) is 5.92 Å². The van der Waals surface area contributed by atoms with Gasteiger partial charge in [0.2, 0.25) is 0 Å². The van der Waals surface area contributed by atoms with Crippen LogP contribution in [0.5, 0.6) is 0 Å². The molecule has 2 heterocycles. The van der Waals surface area contributed by atoms with Crippen molar-refractivity contribution >= 4 is 60.5 Å². The van der Waals surface area contributed by atoms with Crippen LogP contribution in [0.3, 0.4) is 0 Å². The smallest absolute Gasteiger partial charge is 0.0541 e. The molecule has 0 bridgehead atoms. The quantitative estimate of drug-likeness (QED) is 0.131. The number of rotatable bonds is 11. The van der Waals surface area contributed by atoms with Crippen molar-refractivity contribution in [2.75, 3.05) is 0 Å². The Morgan fingerprint density at radius 1 is 0.525 bits per heavy atom. The van der Waals surface area contributed by atoms with Crippen LogP contribution in [0.1, 0.15) is 23.6 Å². The first-order valence-corrected chi connectivity index (χ1v) is 20.1. The highest BCUT2D eigenvalue weighted by atomic mass is 15.0. The van der Waals surface area contributed by atoms with Crippen LogP contribution in [0.15, 0.2) is 231 Å². The van der Waals surface area contributed by atoms with E-state index < -0.39 is 0 Å². The van der Waals surface area contributed by atoms with Crippen molar-refractivity contribution < 1.29 is 0 Å². The number of hydrogen-bond acceptors (Lipinski definition) is 1. The Bertz CT molecular complexity index is 3060. The fourth-order valence-corrected chi connectivity index (χ4v) is 8.29. The predicted octanol–water partition coefficient (Wildman–Crippen LogP) is 14.3. The van der Waals surface area contributed by atoms with Crippen LogP contribution in [-0.2, 0) is 0 Å². The minimum absolute atomic E-state index is 0.0109. The van der Waals surface area contributed by atoms with E-state index in [2.05, 4.69) is 223 Å². The third-order valence-electron chi connectivity index (χ3n) is 11.2. The number of benzene rings is 7. The summed E-state index contributed by atoms with van der Waals surface area (Å²) in [7, 11) is 0. The number of para-hydroxylation sites is 4. The van der Waals surface area contributed by atoms with E-state index in [1.54, 1.807) is 0 Å². The van der Waals surface area contributed by atoms with Gasteiger partial charge in [-0.15, -0.1) is 0 Å². The van der Waals surface area contributed by atoms with Crippen LogP contribution >= 0.6 is 0 Å². The summed E-state index contributed by atoms with van der Waals surface area (Å²) in [5, 5.41) is 4.92. The molecular formula is C56H45N3. The Hall–Kier alpha value is -7.62. The van der Waals surface area contributed by atoms with Gasteiger partial charge in [-0.2, -0.15) is 0 Å². The van der Waals surface area contributed by atoms with Gasteiger partial charge in [-0.05, 0) is 93.9 Å². The van der Waals surface area contributed by atoms with Crippen molar-refractivity contribution in [2.24, 2.45) is 11.7 Å². The number of nitrogens with zero attached hydrogens (tertiary/aromatic N) is 2. The molecule has 284 valence electrons. The van der Waals surface area contributed by atoms with Crippen molar-refractivity contribution in [1.82, 2.24) is 9.13 Å². The van der Waals surface area contributed by atoms with Crippen LogP contribution in [0.2, 0.25) is 0 Å². The molecule has 3 nitrogen and oxygen atoms in total. The van der Waals surface area contributed by atoms with Crippen LogP contribution in [0, 0.1) is 5.92 Å². The van der Waals surface area contributed by atoms with E-state index in [1.807, 2.05) is 18.2 Å². The topological polar surface area (TPSA) is 35.9 Å². The fraction of sp³-hybridized carbons (Fsp3) is 0.0357. The van der Waals surface area contributed by atoms with E-state index in [1.165, 1.54) is 32.6 Å². The van der Waals surface area contributed by atoms with Gasteiger partial charge in [0.25, 0.3) is 0 Å².